The molecule has 1 aliphatic rings. The van der Waals surface area contributed by atoms with E-state index in [1.807, 2.05) is 6.92 Å². The summed E-state index contributed by atoms with van der Waals surface area (Å²) in [6.07, 6.45) is 4.79. The minimum atomic E-state index is 0.0538. The first kappa shape index (κ1) is 9.52. The Labute approximate surface area is 73.5 Å². The van der Waals surface area contributed by atoms with Crippen LogP contribution in [0.2, 0.25) is 0 Å². The van der Waals surface area contributed by atoms with Crippen LogP contribution >= 0.6 is 0 Å². The molecule has 70 valence electrons. The van der Waals surface area contributed by atoms with Crippen molar-refractivity contribution in [3.8, 4) is 0 Å². The second-order valence-electron chi connectivity index (χ2n) is 3.43. The van der Waals surface area contributed by atoms with E-state index in [1.54, 1.807) is 0 Å². The van der Waals surface area contributed by atoms with Gasteiger partial charge in [-0.05, 0) is 32.7 Å². The molecule has 0 radical (unpaired) electrons. The zero-order chi connectivity index (χ0) is 8.81. The predicted molar refractivity (Wildman–Crippen MR) is 46.9 cm³/mol. The molecule has 12 heavy (non-hydrogen) atoms. The number of piperidine rings is 1. The van der Waals surface area contributed by atoms with Crippen LogP contribution in [0.25, 0.3) is 0 Å². The summed E-state index contributed by atoms with van der Waals surface area (Å²) in [7, 11) is 0. The highest BCUT2D eigenvalue weighted by Crippen LogP contribution is 2.12. The first-order valence-electron chi connectivity index (χ1n) is 4.65. The van der Waals surface area contributed by atoms with E-state index >= 15 is 0 Å². The Morgan fingerprint density at radius 3 is 3.08 bits per heavy atom. The standard InChI is InChI=1S/C9H17NO2/c1-8(12-7-11)6-9-4-2-3-5-10-9/h7-10H,2-6H2,1H3. The van der Waals surface area contributed by atoms with Crippen LogP contribution in [0.4, 0.5) is 0 Å². The largest absolute Gasteiger partial charge is 0.465 e. The molecule has 1 rings (SSSR count). The smallest absolute Gasteiger partial charge is 0.293 e. The monoisotopic (exact) mass is 171 g/mol. The molecule has 0 aromatic heterocycles. The van der Waals surface area contributed by atoms with Crippen LogP contribution in [0.1, 0.15) is 32.6 Å². The normalized spacial score (nSPS) is 26.2. The lowest BCUT2D eigenvalue weighted by atomic mass is 10.00. The summed E-state index contributed by atoms with van der Waals surface area (Å²) in [5.74, 6) is 0. The highest BCUT2D eigenvalue weighted by Gasteiger charge is 2.15. The Bertz CT molecular complexity index is 132. The quantitative estimate of drug-likeness (QED) is 0.643. The van der Waals surface area contributed by atoms with Crippen molar-refractivity contribution in [2.45, 2.75) is 44.8 Å². The van der Waals surface area contributed by atoms with E-state index in [1.165, 1.54) is 19.3 Å². The van der Waals surface area contributed by atoms with Crippen molar-refractivity contribution in [3.63, 3.8) is 0 Å². The molecule has 3 nitrogen and oxygen atoms in total. The molecule has 1 aliphatic heterocycles. The van der Waals surface area contributed by atoms with Gasteiger partial charge in [-0.15, -0.1) is 0 Å². The van der Waals surface area contributed by atoms with Crippen molar-refractivity contribution in [2.24, 2.45) is 0 Å². The van der Waals surface area contributed by atoms with Gasteiger partial charge >= 0.3 is 0 Å². The summed E-state index contributed by atoms with van der Waals surface area (Å²) in [4.78, 5) is 10.0. The number of hydrogen-bond acceptors (Lipinski definition) is 3. The number of nitrogens with one attached hydrogen (secondary N) is 1. The fourth-order valence-electron chi connectivity index (χ4n) is 1.68. The van der Waals surface area contributed by atoms with Crippen molar-refractivity contribution in [3.05, 3.63) is 0 Å². The summed E-state index contributed by atoms with van der Waals surface area (Å²) in [6, 6.07) is 0.550. The van der Waals surface area contributed by atoms with Gasteiger partial charge in [0.15, 0.2) is 0 Å². The van der Waals surface area contributed by atoms with Gasteiger partial charge in [0, 0.05) is 6.04 Å². The van der Waals surface area contributed by atoms with Gasteiger partial charge in [0.2, 0.25) is 0 Å². The average Bonchev–Trinajstić information content (AvgIpc) is 2.06. The molecule has 3 heteroatoms. The summed E-state index contributed by atoms with van der Waals surface area (Å²) in [5, 5.41) is 3.41. The van der Waals surface area contributed by atoms with E-state index < -0.39 is 0 Å². The van der Waals surface area contributed by atoms with E-state index in [2.05, 4.69) is 5.32 Å². The van der Waals surface area contributed by atoms with Crippen LogP contribution in [0.15, 0.2) is 0 Å². The van der Waals surface area contributed by atoms with Crippen LogP contribution < -0.4 is 5.32 Å². The Balaban J connectivity index is 2.15. The Morgan fingerprint density at radius 1 is 1.67 bits per heavy atom. The predicted octanol–water partition coefficient (Wildman–Crippen LogP) is 1.08. The topological polar surface area (TPSA) is 38.3 Å². The van der Waals surface area contributed by atoms with Gasteiger partial charge < -0.3 is 10.1 Å². The van der Waals surface area contributed by atoms with Crippen molar-refractivity contribution < 1.29 is 9.53 Å². The van der Waals surface area contributed by atoms with Gasteiger partial charge in [-0.3, -0.25) is 4.79 Å². The fourth-order valence-corrected chi connectivity index (χ4v) is 1.68. The third-order valence-corrected chi connectivity index (χ3v) is 2.32. The number of carbonyl (C=O) groups is 1. The Hall–Kier alpha value is -0.570. The highest BCUT2D eigenvalue weighted by molar-refractivity contribution is 5.37. The van der Waals surface area contributed by atoms with E-state index in [0.29, 0.717) is 12.5 Å². The van der Waals surface area contributed by atoms with Gasteiger partial charge in [0.25, 0.3) is 6.47 Å². The SMILES string of the molecule is CC(CC1CCCCN1)OC=O. The minimum absolute atomic E-state index is 0.0538. The zero-order valence-electron chi connectivity index (χ0n) is 7.58. The van der Waals surface area contributed by atoms with E-state index in [0.717, 1.165) is 13.0 Å². The summed E-state index contributed by atoms with van der Waals surface area (Å²) < 4.78 is 4.82. The van der Waals surface area contributed by atoms with Gasteiger partial charge in [-0.2, -0.15) is 0 Å². The van der Waals surface area contributed by atoms with Gasteiger partial charge in [-0.1, -0.05) is 6.42 Å². The van der Waals surface area contributed by atoms with Gasteiger partial charge in [-0.25, -0.2) is 0 Å². The highest BCUT2D eigenvalue weighted by atomic mass is 16.5. The van der Waals surface area contributed by atoms with E-state index in [9.17, 15) is 4.79 Å². The minimum Gasteiger partial charge on any atom is -0.465 e. The summed E-state index contributed by atoms with van der Waals surface area (Å²) in [5.41, 5.74) is 0. The van der Waals surface area contributed by atoms with Crippen LogP contribution in [0.3, 0.4) is 0 Å². The maximum Gasteiger partial charge on any atom is 0.293 e. The molecule has 0 aliphatic carbocycles. The van der Waals surface area contributed by atoms with Gasteiger partial charge in [0.1, 0.15) is 6.10 Å². The molecule has 1 heterocycles. The number of carbonyl (C=O) groups excluding carboxylic acids is 1. The summed E-state index contributed by atoms with van der Waals surface area (Å²) in [6.45, 7) is 3.58. The molecule has 1 saturated heterocycles. The molecular formula is C9H17NO2. The third kappa shape index (κ3) is 3.22. The molecule has 2 atom stereocenters. The van der Waals surface area contributed by atoms with E-state index in [4.69, 9.17) is 4.74 Å². The fraction of sp³-hybridized carbons (Fsp3) is 0.889. The lowest BCUT2D eigenvalue weighted by molar-refractivity contribution is -0.133. The molecule has 0 amide bonds. The number of ether oxygens (including phenoxy) is 1. The molecule has 2 unspecified atom stereocenters. The van der Waals surface area contributed by atoms with Crippen LogP contribution in [0, 0.1) is 0 Å². The second kappa shape index (κ2) is 5.14. The summed E-state index contributed by atoms with van der Waals surface area (Å²) >= 11 is 0. The first-order valence-corrected chi connectivity index (χ1v) is 4.65. The number of hydrogen-bond donors (Lipinski definition) is 1. The molecule has 0 spiro atoms. The van der Waals surface area contributed by atoms with Crippen molar-refractivity contribution in [1.82, 2.24) is 5.32 Å². The number of rotatable bonds is 4. The van der Waals surface area contributed by atoms with E-state index in [-0.39, 0.29) is 6.10 Å². The lowest BCUT2D eigenvalue weighted by Gasteiger charge is -2.25. The lowest BCUT2D eigenvalue weighted by Crippen LogP contribution is -2.36. The maximum atomic E-state index is 10.0. The molecular weight excluding hydrogens is 154 g/mol. The van der Waals surface area contributed by atoms with Crippen molar-refractivity contribution >= 4 is 6.47 Å². The Kier molecular flexibility index (Phi) is 4.08. The molecule has 0 bridgehead atoms. The molecule has 1 N–H and O–H groups in total. The van der Waals surface area contributed by atoms with Crippen LogP contribution in [-0.4, -0.2) is 25.2 Å². The maximum absolute atomic E-state index is 10.0. The third-order valence-electron chi connectivity index (χ3n) is 2.32. The second-order valence-corrected chi connectivity index (χ2v) is 3.43. The Morgan fingerprint density at radius 2 is 2.50 bits per heavy atom. The van der Waals surface area contributed by atoms with Gasteiger partial charge in [0.05, 0.1) is 0 Å². The molecule has 0 aromatic rings. The zero-order valence-corrected chi connectivity index (χ0v) is 7.58. The molecule has 1 fully saturated rings. The average molecular weight is 171 g/mol. The van der Waals surface area contributed by atoms with Crippen LogP contribution in [0.5, 0.6) is 0 Å². The van der Waals surface area contributed by atoms with Crippen molar-refractivity contribution in [2.75, 3.05) is 6.54 Å². The first-order chi connectivity index (χ1) is 5.83. The van der Waals surface area contributed by atoms with Crippen molar-refractivity contribution in [1.29, 1.82) is 0 Å². The molecule has 0 aromatic carbocycles. The van der Waals surface area contributed by atoms with Crippen LogP contribution in [-0.2, 0) is 9.53 Å². The molecule has 0 saturated carbocycles.